The summed E-state index contributed by atoms with van der Waals surface area (Å²) in [6.45, 7) is 0. The van der Waals surface area contributed by atoms with Gasteiger partial charge in [-0.3, -0.25) is 9.69 Å². The highest BCUT2D eigenvalue weighted by Gasteiger charge is 2.12. The van der Waals surface area contributed by atoms with Crippen molar-refractivity contribution >= 4 is 18.2 Å². The first-order chi connectivity index (χ1) is 8.20. The van der Waals surface area contributed by atoms with Crippen molar-refractivity contribution < 1.29 is 14.7 Å². The smallest absolute Gasteiger partial charge is 0.354 e. The number of carboxylic acids is 1. The van der Waals surface area contributed by atoms with Gasteiger partial charge in [-0.1, -0.05) is 6.08 Å². The zero-order valence-corrected chi connectivity index (χ0v) is 8.78. The number of aromatic nitrogens is 2. The van der Waals surface area contributed by atoms with Crippen molar-refractivity contribution in [3.05, 3.63) is 42.0 Å². The van der Waals surface area contributed by atoms with E-state index in [0.717, 1.165) is 6.29 Å². The van der Waals surface area contributed by atoms with Crippen LogP contribution in [-0.4, -0.2) is 27.3 Å². The average molecular weight is 231 g/mol. The van der Waals surface area contributed by atoms with Crippen LogP contribution in [0.2, 0.25) is 0 Å². The zero-order valence-electron chi connectivity index (χ0n) is 8.78. The van der Waals surface area contributed by atoms with Gasteiger partial charge in [0.1, 0.15) is 6.29 Å². The molecule has 2 rings (SSSR count). The van der Waals surface area contributed by atoms with Gasteiger partial charge in [0.15, 0.2) is 5.69 Å². The molecule has 1 N–H and O–H groups in total. The van der Waals surface area contributed by atoms with Gasteiger partial charge in [0.25, 0.3) is 0 Å². The molecule has 0 amide bonds. The van der Waals surface area contributed by atoms with Crippen LogP contribution in [-0.2, 0) is 4.79 Å². The van der Waals surface area contributed by atoms with Crippen LogP contribution in [0.4, 0.5) is 5.95 Å². The Morgan fingerprint density at radius 1 is 1.53 bits per heavy atom. The van der Waals surface area contributed by atoms with Crippen LogP contribution in [0.15, 0.2) is 36.3 Å². The van der Waals surface area contributed by atoms with E-state index in [2.05, 4.69) is 9.97 Å². The van der Waals surface area contributed by atoms with Crippen LogP contribution in [0.3, 0.4) is 0 Å². The average Bonchev–Trinajstić information content (AvgIpc) is 2.39. The van der Waals surface area contributed by atoms with Crippen molar-refractivity contribution in [1.82, 2.24) is 9.97 Å². The molecule has 86 valence electrons. The molecule has 1 aliphatic rings. The van der Waals surface area contributed by atoms with Crippen molar-refractivity contribution in [2.24, 2.45) is 0 Å². The van der Waals surface area contributed by atoms with Gasteiger partial charge in [0.05, 0.1) is 0 Å². The van der Waals surface area contributed by atoms with Gasteiger partial charge < -0.3 is 5.11 Å². The summed E-state index contributed by atoms with van der Waals surface area (Å²) < 4.78 is 0. The first kappa shape index (κ1) is 11.0. The minimum Gasteiger partial charge on any atom is -0.477 e. The third kappa shape index (κ3) is 2.36. The molecule has 0 aromatic carbocycles. The fourth-order valence-corrected chi connectivity index (χ4v) is 1.37. The van der Waals surface area contributed by atoms with Crippen molar-refractivity contribution in [2.75, 3.05) is 4.90 Å². The Hall–Kier alpha value is -2.50. The fourth-order valence-electron chi connectivity index (χ4n) is 1.37. The molecule has 6 heteroatoms. The zero-order chi connectivity index (χ0) is 12.3. The molecule has 1 aliphatic heterocycles. The van der Waals surface area contributed by atoms with E-state index in [-0.39, 0.29) is 11.6 Å². The highest BCUT2D eigenvalue weighted by molar-refractivity contribution is 5.85. The normalized spacial score (nSPS) is 14.4. The molecule has 6 nitrogen and oxygen atoms in total. The molecule has 17 heavy (non-hydrogen) atoms. The van der Waals surface area contributed by atoms with E-state index in [1.807, 2.05) is 0 Å². The number of anilines is 1. The van der Waals surface area contributed by atoms with Crippen LogP contribution in [0.25, 0.3) is 0 Å². The monoisotopic (exact) mass is 231 g/mol. The maximum absolute atomic E-state index is 10.8. The number of hydrogen-bond donors (Lipinski definition) is 1. The Kier molecular flexibility index (Phi) is 2.95. The number of carboxylic acid groups (broad SMARTS) is 1. The number of aldehydes is 1. The van der Waals surface area contributed by atoms with Gasteiger partial charge in [0, 0.05) is 24.2 Å². The van der Waals surface area contributed by atoms with Gasteiger partial charge in [0.2, 0.25) is 5.95 Å². The van der Waals surface area contributed by atoms with Crippen molar-refractivity contribution in [3.63, 3.8) is 0 Å². The van der Waals surface area contributed by atoms with E-state index in [0.29, 0.717) is 12.0 Å². The predicted molar refractivity (Wildman–Crippen MR) is 59.4 cm³/mol. The number of carbonyl (C=O) groups excluding carboxylic acids is 1. The number of allylic oxidation sites excluding steroid dienone is 2. The van der Waals surface area contributed by atoms with E-state index < -0.39 is 5.97 Å². The van der Waals surface area contributed by atoms with Crippen LogP contribution < -0.4 is 4.90 Å². The number of aromatic carboxylic acids is 1. The summed E-state index contributed by atoms with van der Waals surface area (Å²) in [5.74, 6) is -0.894. The summed E-state index contributed by atoms with van der Waals surface area (Å²) in [4.78, 5) is 30.7. The number of nitrogens with zero attached hydrogens (tertiary/aromatic N) is 3. The van der Waals surface area contributed by atoms with Gasteiger partial charge in [-0.15, -0.1) is 0 Å². The Labute approximate surface area is 96.9 Å². The van der Waals surface area contributed by atoms with Crippen molar-refractivity contribution in [1.29, 1.82) is 0 Å². The lowest BCUT2D eigenvalue weighted by molar-refractivity contribution is -0.105. The first-order valence-corrected chi connectivity index (χ1v) is 4.88. The van der Waals surface area contributed by atoms with E-state index >= 15 is 0 Å². The minimum absolute atomic E-state index is 0.0879. The second-order valence-corrected chi connectivity index (χ2v) is 3.37. The fraction of sp³-hybridized carbons (Fsp3) is 0.0909. The first-order valence-electron chi connectivity index (χ1n) is 4.88. The second-order valence-electron chi connectivity index (χ2n) is 3.37. The van der Waals surface area contributed by atoms with Gasteiger partial charge in [-0.25, -0.2) is 14.8 Å². The topological polar surface area (TPSA) is 83.4 Å². The molecule has 0 aliphatic carbocycles. The molecule has 0 radical (unpaired) electrons. The van der Waals surface area contributed by atoms with Crippen LogP contribution >= 0.6 is 0 Å². The van der Waals surface area contributed by atoms with Gasteiger partial charge in [-0.05, 0) is 12.5 Å². The molecule has 1 aromatic rings. The molecular weight excluding hydrogens is 222 g/mol. The highest BCUT2D eigenvalue weighted by Crippen LogP contribution is 2.16. The number of rotatable bonds is 3. The molecule has 2 heterocycles. The van der Waals surface area contributed by atoms with E-state index in [9.17, 15) is 9.59 Å². The van der Waals surface area contributed by atoms with Crippen molar-refractivity contribution in [2.45, 2.75) is 6.42 Å². The summed E-state index contributed by atoms with van der Waals surface area (Å²) in [5.41, 5.74) is 0.492. The molecule has 1 aromatic heterocycles. The maximum Gasteiger partial charge on any atom is 0.354 e. The molecule has 0 saturated heterocycles. The largest absolute Gasteiger partial charge is 0.477 e. The standard InChI is InChI=1S/C11H9N3O3/c15-7-8-2-1-5-14(6-8)11-12-4-3-9(13-11)10(16)17/h1,3-7H,2H2,(H,16,17). The van der Waals surface area contributed by atoms with Crippen molar-refractivity contribution in [3.8, 4) is 0 Å². The molecule has 0 spiro atoms. The Balaban J connectivity index is 2.34. The SMILES string of the molecule is O=CC1=CN(c2nccc(C(=O)O)n2)C=CC1. The molecule has 0 atom stereocenters. The van der Waals surface area contributed by atoms with Gasteiger partial charge in [-0.2, -0.15) is 0 Å². The Morgan fingerprint density at radius 3 is 3.06 bits per heavy atom. The number of hydrogen-bond acceptors (Lipinski definition) is 5. The molecule has 0 bridgehead atoms. The van der Waals surface area contributed by atoms with Crippen LogP contribution in [0, 0.1) is 0 Å². The summed E-state index contributed by atoms with van der Waals surface area (Å²) in [6.07, 6.45) is 7.71. The quantitative estimate of drug-likeness (QED) is 0.781. The summed E-state index contributed by atoms with van der Waals surface area (Å²) in [5, 5.41) is 8.81. The number of carbonyl (C=O) groups is 2. The van der Waals surface area contributed by atoms with Gasteiger partial charge >= 0.3 is 5.97 Å². The third-order valence-corrected chi connectivity index (χ3v) is 2.17. The van der Waals surface area contributed by atoms with E-state index in [1.165, 1.54) is 17.2 Å². The second kappa shape index (κ2) is 4.56. The third-order valence-electron chi connectivity index (χ3n) is 2.17. The van der Waals surface area contributed by atoms with Crippen LogP contribution in [0.1, 0.15) is 16.9 Å². The lowest BCUT2D eigenvalue weighted by Crippen LogP contribution is -2.16. The Morgan fingerprint density at radius 2 is 2.35 bits per heavy atom. The molecule has 0 fully saturated rings. The predicted octanol–water partition coefficient (Wildman–Crippen LogP) is 0.981. The van der Waals surface area contributed by atoms with E-state index in [4.69, 9.17) is 5.11 Å². The lowest BCUT2D eigenvalue weighted by atomic mass is 10.2. The van der Waals surface area contributed by atoms with E-state index in [1.54, 1.807) is 18.5 Å². The summed E-state index contributed by atoms with van der Waals surface area (Å²) in [6, 6.07) is 1.31. The Bertz CT molecular complexity index is 522. The lowest BCUT2D eigenvalue weighted by Gasteiger charge is -2.17. The van der Waals surface area contributed by atoms with Crippen LogP contribution in [0.5, 0.6) is 0 Å². The summed E-state index contributed by atoms with van der Waals surface area (Å²) in [7, 11) is 0. The minimum atomic E-state index is -1.12. The summed E-state index contributed by atoms with van der Waals surface area (Å²) >= 11 is 0. The molecule has 0 unspecified atom stereocenters. The highest BCUT2D eigenvalue weighted by atomic mass is 16.4. The molecular formula is C11H9N3O3. The molecule has 0 saturated carbocycles. The maximum atomic E-state index is 10.8.